The first kappa shape index (κ1) is 31.4. The molecule has 1 amide bonds. The molecule has 1 fully saturated rings. The fourth-order valence-corrected chi connectivity index (χ4v) is 5.25. The molecule has 1 saturated heterocycles. The van der Waals surface area contributed by atoms with Gasteiger partial charge in [0.1, 0.15) is 24.7 Å². The van der Waals surface area contributed by atoms with Crippen LogP contribution in [-0.4, -0.2) is 66.5 Å². The molecule has 0 aliphatic carbocycles. The van der Waals surface area contributed by atoms with Crippen molar-refractivity contribution in [2.45, 2.75) is 33.4 Å². The number of ether oxygens (including phenoxy) is 3. The Kier molecular flexibility index (Phi) is 10.6. The number of methoxy groups -OCH3 is 1. The molecule has 1 N–H and O–H groups in total. The summed E-state index contributed by atoms with van der Waals surface area (Å²) in [6, 6.07) is 19.5. The molecule has 43 heavy (non-hydrogen) atoms. The second-order valence-corrected chi connectivity index (χ2v) is 10.3. The van der Waals surface area contributed by atoms with Crippen LogP contribution in [0.4, 0.5) is 0 Å². The number of nitrogens with zero attached hydrogens (tertiary/aromatic N) is 2. The Balaban J connectivity index is 1.76. The lowest BCUT2D eigenvalue weighted by Gasteiger charge is -2.28. The molecule has 0 bridgehead atoms. The largest absolute Gasteiger partial charge is 0.507 e. The van der Waals surface area contributed by atoms with E-state index in [1.54, 1.807) is 48.4 Å². The Morgan fingerprint density at radius 2 is 1.74 bits per heavy atom. The predicted octanol–water partition coefficient (Wildman–Crippen LogP) is 5.91. The van der Waals surface area contributed by atoms with Gasteiger partial charge in [0.15, 0.2) is 11.5 Å². The average molecular weight is 585 g/mol. The smallest absolute Gasteiger partial charge is 0.295 e. The monoisotopic (exact) mass is 584 g/mol. The van der Waals surface area contributed by atoms with E-state index in [1.165, 1.54) is 0 Å². The van der Waals surface area contributed by atoms with Crippen molar-refractivity contribution in [3.05, 3.63) is 107 Å². The van der Waals surface area contributed by atoms with Crippen LogP contribution in [0, 0.1) is 6.92 Å². The van der Waals surface area contributed by atoms with Crippen molar-refractivity contribution >= 4 is 17.4 Å². The van der Waals surface area contributed by atoms with Gasteiger partial charge in [-0.3, -0.25) is 9.59 Å². The van der Waals surface area contributed by atoms with Crippen LogP contribution in [-0.2, 0) is 16.2 Å². The van der Waals surface area contributed by atoms with Crippen LogP contribution >= 0.6 is 0 Å². The third kappa shape index (κ3) is 7.09. The lowest BCUT2D eigenvalue weighted by atomic mass is 9.93. The summed E-state index contributed by atoms with van der Waals surface area (Å²) in [5.74, 6) is -0.00267. The zero-order valence-corrected chi connectivity index (χ0v) is 25.3. The number of aliphatic hydroxyl groups is 1. The molecular weight excluding hydrogens is 544 g/mol. The Morgan fingerprint density at radius 1 is 1.00 bits per heavy atom. The molecule has 8 heteroatoms. The van der Waals surface area contributed by atoms with E-state index in [0.29, 0.717) is 60.2 Å². The van der Waals surface area contributed by atoms with Gasteiger partial charge < -0.3 is 29.1 Å². The lowest BCUT2D eigenvalue weighted by molar-refractivity contribution is -0.140. The van der Waals surface area contributed by atoms with Crippen LogP contribution in [0.25, 0.3) is 5.76 Å². The number of hydrogen-bond donors (Lipinski definition) is 1. The minimum Gasteiger partial charge on any atom is -0.507 e. The highest BCUT2D eigenvalue weighted by atomic mass is 16.5. The molecule has 1 aliphatic rings. The van der Waals surface area contributed by atoms with Crippen LogP contribution in [0.3, 0.4) is 0 Å². The molecule has 3 aromatic rings. The van der Waals surface area contributed by atoms with E-state index < -0.39 is 17.7 Å². The first-order valence-corrected chi connectivity index (χ1v) is 14.5. The van der Waals surface area contributed by atoms with E-state index in [1.807, 2.05) is 43.3 Å². The van der Waals surface area contributed by atoms with Crippen LogP contribution < -0.4 is 14.2 Å². The quantitative estimate of drug-likeness (QED) is 0.109. The Morgan fingerprint density at radius 3 is 2.40 bits per heavy atom. The van der Waals surface area contributed by atoms with Crippen molar-refractivity contribution in [1.29, 1.82) is 0 Å². The van der Waals surface area contributed by atoms with Crippen LogP contribution in [0.15, 0.2) is 85.0 Å². The third-order valence-electron chi connectivity index (χ3n) is 7.65. The molecule has 226 valence electrons. The summed E-state index contributed by atoms with van der Waals surface area (Å²) in [6.45, 7) is 12.8. The summed E-state index contributed by atoms with van der Waals surface area (Å²) < 4.78 is 17.4. The fourth-order valence-electron chi connectivity index (χ4n) is 5.25. The van der Waals surface area contributed by atoms with Crippen molar-refractivity contribution < 1.29 is 28.9 Å². The van der Waals surface area contributed by atoms with Crippen molar-refractivity contribution in [3.8, 4) is 17.2 Å². The van der Waals surface area contributed by atoms with Crippen molar-refractivity contribution in [2.24, 2.45) is 0 Å². The van der Waals surface area contributed by atoms with Crippen LogP contribution in [0.2, 0.25) is 0 Å². The standard InChI is InChI=1S/C35H40N2O6/c1-6-20-42-27-15-16-28(24(4)21-27)33(38)31-32(37(35(40)34(31)39)19-18-36(7-2)8-3)26-14-17-29(30(22-26)41-5)43-23-25-12-10-9-11-13-25/h6,9-17,21-22,32,38H,1,7-8,18-20,23H2,2-5H3/b33-31+. The summed E-state index contributed by atoms with van der Waals surface area (Å²) in [6.07, 6.45) is 1.65. The molecule has 1 unspecified atom stereocenters. The van der Waals surface area contributed by atoms with Crippen LogP contribution in [0.1, 0.15) is 42.1 Å². The average Bonchev–Trinajstić information content (AvgIpc) is 3.28. The van der Waals surface area contributed by atoms with E-state index in [-0.39, 0.29) is 11.3 Å². The lowest BCUT2D eigenvalue weighted by Crippen LogP contribution is -2.38. The molecule has 1 heterocycles. The van der Waals surface area contributed by atoms with Crippen molar-refractivity contribution in [1.82, 2.24) is 9.80 Å². The molecule has 0 radical (unpaired) electrons. The summed E-state index contributed by atoms with van der Waals surface area (Å²) >= 11 is 0. The highest BCUT2D eigenvalue weighted by Crippen LogP contribution is 2.42. The molecular formula is C35H40N2O6. The highest BCUT2D eigenvalue weighted by molar-refractivity contribution is 6.46. The van der Waals surface area contributed by atoms with Gasteiger partial charge in [0.05, 0.1) is 18.7 Å². The van der Waals surface area contributed by atoms with Gasteiger partial charge >= 0.3 is 0 Å². The fraction of sp³-hybridized carbons (Fsp3) is 0.314. The number of hydrogen-bond acceptors (Lipinski definition) is 7. The maximum atomic E-state index is 13.6. The van der Waals surface area contributed by atoms with E-state index in [0.717, 1.165) is 18.7 Å². The number of benzene rings is 3. The van der Waals surface area contributed by atoms with Gasteiger partial charge in [-0.1, -0.05) is 62.9 Å². The number of aryl methyl sites for hydroxylation is 1. The number of likely N-dealkylation sites (N-methyl/N-ethyl adjacent to an activating group) is 1. The molecule has 0 spiro atoms. The van der Waals surface area contributed by atoms with Gasteiger partial charge in [-0.25, -0.2) is 0 Å². The van der Waals surface area contributed by atoms with Gasteiger partial charge in [-0.05, 0) is 67.0 Å². The maximum Gasteiger partial charge on any atom is 0.295 e. The zero-order valence-electron chi connectivity index (χ0n) is 25.3. The van der Waals surface area contributed by atoms with Crippen molar-refractivity contribution in [2.75, 3.05) is 39.9 Å². The molecule has 4 rings (SSSR count). The highest BCUT2D eigenvalue weighted by Gasteiger charge is 2.46. The second kappa shape index (κ2) is 14.6. The number of carbonyl (C=O) groups excluding carboxylic acids is 2. The Hall–Kier alpha value is -4.56. The number of carbonyl (C=O) groups is 2. The van der Waals surface area contributed by atoms with E-state index >= 15 is 0 Å². The predicted molar refractivity (Wildman–Crippen MR) is 167 cm³/mol. The van der Waals surface area contributed by atoms with Crippen molar-refractivity contribution in [3.63, 3.8) is 0 Å². The van der Waals surface area contributed by atoms with Gasteiger partial charge in [0, 0.05) is 18.7 Å². The molecule has 3 aromatic carbocycles. The maximum absolute atomic E-state index is 13.6. The Labute approximate surface area is 253 Å². The van der Waals surface area contributed by atoms with Gasteiger partial charge in [-0.2, -0.15) is 0 Å². The van der Waals surface area contributed by atoms with Gasteiger partial charge in [0.25, 0.3) is 11.7 Å². The molecule has 1 aliphatic heterocycles. The summed E-state index contributed by atoms with van der Waals surface area (Å²) in [7, 11) is 1.55. The van der Waals surface area contributed by atoms with E-state index in [9.17, 15) is 14.7 Å². The normalized spacial score (nSPS) is 16.0. The number of Topliss-reactive ketones (excluding diaryl/α,β-unsaturated/α-hetero) is 1. The Bertz CT molecular complexity index is 1480. The summed E-state index contributed by atoms with van der Waals surface area (Å²) in [5, 5.41) is 11.6. The number of ketones is 1. The molecule has 1 atom stereocenters. The zero-order chi connectivity index (χ0) is 30.9. The summed E-state index contributed by atoms with van der Waals surface area (Å²) in [4.78, 5) is 30.8. The van der Waals surface area contributed by atoms with Gasteiger partial charge in [0.2, 0.25) is 0 Å². The SMILES string of the molecule is C=CCOc1ccc(/C(O)=C2\C(=O)C(=O)N(CCN(CC)CC)C2c2ccc(OCc3ccccc3)c(OC)c2)c(C)c1. The number of amides is 1. The molecule has 0 saturated carbocycles. The third-order valence-corrected chi connectivity index (χ3v) is 7.65. The first-order chi connectivity index (χ1) is 20.8. The molecule has 0 aromatic heterocycles. The molecule has 8 nitrogen and oxygen atoms in total. The number of likely N-dealkylation sites (tertiary alicyclic amines) is 1. The minimum atomic E-state index is -0.816. The minimum absolute atomic E-state index is 0.0346. The number of aliphatic hydroxyl groups excluding tert-OH is 1. The van der Waals surface area contributed by atoms with E-state index in [2.05, 4.69) is 25.3 Å². The van der Waals surface area contributed by atoms with E-state index in [4.69, 9.17) is 14.2 Å². The van der Waals surface area contributed by atoms with Crippen LogP contribution in [0.5, 0.6) is 17.2 Å². The topological polar surface area (TPSA) is 88.5 Å². The number of rotatable bonds is 14. The summed E-state index contributed by atoms with van der Waals surface area (Å²) in [5.41, 5.74) is 2.83. The first-order valence-electron chi connectivity index (χ1n) is 14.5. The van der Waals surface area contributed by atoms with Gasteiger partial charge in [-0.15, -0.1) is 0 Å². The second-order valence-electron chi connectivity index (χ2n) is 10.3.